The second kappa shape index (κ2) is 13.1. The highest BCUT2D eigenvalue weighted by atomic mass is 35.6. The third-order valence-corrected chi connectivity index (χ3v) is 5.18. The summed E-state index contributed by atoms with van der Waals surface area (Å²) in [6.07, 6.45) is -8.51. The van der Waals surface area contributed by atoms with Gasteiger partial charge in [0.1, 0.15) is 12.4 Å². The van der Waals surface area contributed by atoms with Crippen LogP contribution in [0.3, 0.4) is 0 Å². The molecule has 12 nitrogen and oxygen atoms in total. The summed E-state index contributed by atoms with van der Waals surface area (Å²) in [7, 11) is 1.49. The van der Waals surface area contributed by atoms with Gasteiger partial charge in [-0.3, -0.25) is 19.8 Å². The van der Waals surface area contributed by atoms with Gasteiger partial charge in [0.25, 0.3) is 3.79 Å². The first-order valence-corrected chi connectivity index (χ1v) is 11.7. The molecule has 0 unspecified atom stereocenters. The van der Waals surface area contributed by atoms with E-state index in [1.54, 1.807) is 24.3 Å². The Balaban J connectivity index is 2.42. The number of alkyl halides is 3. The summed E-state index contributed by atoms with van der Waals surface area (Å²) in [6, 6.07) is 6.58. The second-order valence-electron chi connectivity index (χ2n) is 7.55. The van der Waals surface area contributed by atoms with Crippen LogP contribution in [0.15, 0.2) is 24.3 Å². The molecule has 1 fully saturated rings. The molecule has 1 aromatic rings. The first-order valence-electron chi connectivity index (χ1n) is 10.5. The lowest BCUT2D eigenvalue weighted by molar-refractivity contribution is -0.286. The largest absolute Gasteiger partial charge is 0.497 e. The topological polar surface area (TPSA) is 157 Å². The minimum Gasteiger partial charge on any atom is -0.497 e. The monoisotopic (exact) mass is 583 g/mol. The second-order valence-corrected chi connectivity index (χ2v) is 9.83. The van der Waals surface area contributed by atoms with Gasteiger partial charge >= 0.3 is 23.9 Å². The van der Waals surface area contributed by atoms with Crippen LogP contribution in [0.5, 0.6) is 5.75 Å². The predicted octanol–water partition coefficient (Wildman–Crippen LogP) is 2.62. The summed E-state index contributed by atoms with van der Waals surface area (Å²) >= 11 is 17.0. The standard InChI is InChI=1S/C22H24Cl3NO11/c1-10(27)33-15-16(34-11(2)28)18(35-12(3)29)20(37-21(26)22(23,24)25)36-17(15)19(30)32-9-13-5-7-14(31-4)8-6-13/h5-8,15-18,20,26H,9H2,1-4H3/t15-,16+,17+,18-,20-/m1/s1. The first-order chi connectivity index (χ1) is 17.2. The molecule has 1 aromatic carbocycles. The summed E-state index contributed by atoms with van der Waals surface area (Å²) in [6.45, 7) is 2.86. The van der Waals surface area contributed by atoms with Crippen LogP contribution in [0.4, 0.5) is 0 Å². The van der Waals surface area contributed by atoms with Crippen LogP contribution in [0.1, 0.15) is 26.3 Å². The van der Waals surface area contributed by atoms with E-state index in [2.05, 4.69) is 0 Å². The van der Waals surface area contributed by atoms with E-state index < -0.39 is 64.3 Å². The maximum atomic E-state index is 13.1. The molecule has 15 heteroatoms. The van der Waals surface area contributed by atoms with E-state index in [4.69, 9.17) is 73.4 Å². The molecule has 2 rings (SSSR count). The van der Waals surface area contributed by atoms with Gasteiger partial charge in [-0.25, -0.2) is 4.79 Å². The fraction of sp³-hybridized carbons (Fsp3) is 0.500. The Labute approximate surface area is 226 Å². The zero-order chi connectivity index (χ0) is 27.9. The molecule has 0 saturated carbocycles. The Morgan fingerprint density at radius 3 is 1.86 bits per heavy atom. The van der Waals surface area contributed by atoms with Crippen molar-refractivity contribution in [3.63, 3.8) is 0 Å². The zero-order valence-corrected chi connectivity index (χ0v) is 22.3. The van der Waals surface area contributed by atoms with Crippen LogP contribution >= 0.6 is 34.8 Å². The maximum absolute atomic E-state index is 13.1. The summed E-state index contributed by atoms with van der Waals surface area (Å²) in [5, 5.41) is 7.86. The lowest BCUT2D eigenvalue weighted by atomic mass is 9.97. The van der Waals surface area contributed by atoms with Crippen LogP contribution in [0.2, 0.25) is 0 Å². The third-order valence-electron chi connectivity index (χ3n) is 4.67. The average molecular weight is 585 g/mol. The lowest BCUT2D eigenvalue weighted by Crippen LogP contribution is -2.64. The Bertz CT molecular complexity index is 1010. The fourth-order valence-corrected chi connectivity index (χ4v) is 3.33. The number of hydrogen-bond acceptors (Lipinski definition) is 12. The minimum absolute atomic E-state index is 0.226. The quantitative estimate of drug-likeness (QED) is 0.157. The molecule has 1 heterocycles. The van der Waals surface area contributed by atoms with E-state index >= 15 is 0 Å². The van der Waals surface area contributed by atoms with Crippen molar-refractivity contribution in [3.05, 3.63) is 29.8 Å². The SMILES string of the molecule is COc1ccc(COC(=O)[C@H]2O[C@H](OC(=N)C(Cl)(Cl)Cl)[C@H](OC(C)=O)[C@@H](OC(C)=O)[C@H]2OC(C)=O)cc1. The number of esters is 4. The van der Waals surface area contributed by atoms with Crippen molar-refractivity contribution in [3.8, 4) is 5.75 Å². The number of hydrogen-bond donors (Lipinski definition) is 1. The molecular weight excluding hydrogens is 561 g/mol. The molecule has 5 atom stereocenters. The number of ether oxygens (including phenoxy) is 7. The molecular formula is C22H24Cl3NO11. The van der Waals surface area contributed by atoms with Crippen LogP contribution < -0.4 is 4.74 Å². The molecule has 0 spiro atoms. The first kappa shape index (κ1) is 30.4. The summed E-state index contributed by atoms with van der Waals surface area (Å²) in [5.41, 5.74) is 0.578. The van der Waals surface area contributed by atoms with Gasteiger partial charge < -0.3 is 33.2 Å². The summed E-state index contributed by atoms with van der Waals surface area (Å²) in [4.78, 5) is 48.6. The molecule has 0 bridgehead atoms. The summed E-state index contributed by atoms with van der Waals surface area (Å²) < 4.78 is 34.5. The van der Waals surface area contributed by atoms with Crippen molar-refractivity contribution in [2.45, 2.75) is 61.9 Å². The minimum atomic E-state index is -2.36. The number of carbonyl (C=O) groups excluding carboxylic acids is 4. The molecule has 0 aliphatic carbocycles. The van der Waals surface area contributed by atoms with Gasteiger partial charge in [0.05, 0.1) is 7.11 Å². The van der Waals surface area contributed by atoms with Crippen molar-refractivity contribution < 1.29 is 52.3 Å². The van der Waals surface area contributed by atoms with E-state index in [1.165, 1.54) is 7.11 Å². The highest BCUT2D eigenvalue weighted by Gasteiger charge is 2.56. The molecule has 0 radical (unpaired) electrons. The lowest BCUT2D eigenvalue weighted by Gasteiger charge is -2.43. The Kier molecular flexibility index (Phi) is 10.8. The van der Waals surface area contributed by atoms with Crippen molar-refractivity contribution in [1.29, 1.82) is 5.41 Å². The molecule has 37 heavy (non-hydrogen) atoms. The van der Waals surface area contributed by atoms with Gasteiger partial charge in [0.2, 0.25) is 18.3 Å². The molecule has 204 valence electrons. The van der Waals surface area contributed by atoms with E-state index in [9.17, 15) is 19.2 Å². The van der Waals surface area contributed by atoms with Gasteiger partial charge in [0.15, 0.2) is 18.3 Å². The Hall–Kier alpha value is -2.80. The van der Waals surface area contributed by atoms with Gasteiger partial charge in [-0.15, -0.1) is 0 Å². The molecule has 0 amide bonds. The molecule has 1 aliphatic heterocycles. The van der Waals surface area contributed by atoms with E-state index in [1.807, 2.05) is 0 Å². The predicted molar refractivity (Wildman–Crippen MR) is 127 cm³/mol. The maximum Gasteiger partial charge on any atom is 0.339 e. The van der Waals surface area contributed by atoms with Crippen molar-refractivity contribution in [2.24, 2.45) is 0 Å². The number of methoxy groups -OCH3 is 1. The Morgan fingerprint density at radius 1 is 0.865 bits per heavy atom. The number of nitrogens with one attached hydrogen (secondary N) is 1. The van der Waals surface area contributed by atoms with Gasteiger partial charge in [-0.1, -0.05) is 46.9 Å². The number of carbonyl (C=O) groups is 4. The number of halogens is 3. The molecule has 1 N–H and O–H groups in total. The van der Waals surface area contributed by atoms with Gasteiger partial charge in [-0.2, -0.15) is 0 Å². The third kappa shape index (κ3) is 8.92. The average Bonchev–Trinajstić information content (AvgIpc) is 2.79. The van der Waals surface area contributed by atoms with E-state index in [0.717, 1.165) is 20.8 Å². The van der Waals surface area contributed by atoms with Gasteiger partial charge in [-0.05, 0) is 17.7 Å². The normalized spacial score (nSPS) is 23.3. The highest BCUT2D eigenvalue weighted by Crippen LogP contribution is 2.34. The van der Waals surface area contributed by atoms with Crippen LogP contribution in [0.25, 0.3) is 0 Å². The molecule has 0 aromatic heterocycles. The number of benzene rings is 1. The van der Waals surface area contributed by atoms with Crippen LogP contribution in [-0.4, -0.2) is 71.4 Å². The van der Waals surface area contributed by atoms with Gasteiger partial charge in [0, 0.05) is 20.8 Å². The van der Waals surface area contributed by atoms with Crippen molar-refractivity contribution >= 4 is 64.6 Å². The van der Waals surface area contributed by atoms with E-state index in [-0.39, 0.29) is 6.61 Å². The summed E-state index contributed by atoms with van der Waals surface area (Å²) in [5.74, 6) is -4.10. The van der Waals surface area contributed by atoms with Crippen molar-refractivity contribution in [2.75, 3.05) is 7.11 Å². The molecule has 1 aliphatic rings. The van der Waals surface area contributed by atoms with Crippen molar-refractivity contribution in [1.82, 2.24) is 0 Å². The Morgan fingerprint density at radius 2 is 1.38 bits per heavy atom. The number of rotatable bonds is 8. The highest BCUT2D eigenvalue weighted by molar-refractivity contribution is 6.76. The van der Waals surface area contributed by atoms with E-state index in [0.29, 0.717) is 11.3 Å². The zero-order valence-electron chi connectivity index (χ0n) is 20.0. The fourth-order valence-electron chi connectivity index (χ4n) is 3.20. The van der Waals surface area contributed by atoms with Crippen LogP contribution in [0, 0.1) is 5.41 Å². The molecule has 1 saturated heterocycles. The smallest absolute Gasteiger partial charge is 0.339 e. The van der Waals surface area contributed by atoms with Crippen LogP contribution in [-0.2, 0) is 54.2 Å².